The van der Waals surface area contributed by atoms with E-state index in [2.05, 4.69) is 5.32 Å². The Kier molecular flexibility index (Phi) is 5.67. The van der Waals surface area contributed by atoms with E-state index in [1.54, 1.807) is 19.2 Å². The van der Waals surface area contributed by atoms with Crippen molar-refractivity contribution in [1.29, 1.82) is 0 Å². The number of carbonyl (C=O) groups is 1. The Labute approximate surface area is 158 Å². The molecule has 0 bridgehead atoms. The number of rotatable bonds is 6. The van der Waals surface area contributed by atoms with Gasteiger partial charge in [-0.15, -0.1) is 0 Å². The van der Waals surface area contributed by atoms with Gasteiger partial charge in [-0.2, -0.15) is 0 Å². The maximum absolute atomic E-state index is 12.4. The second-order valence-electron chi connectivity index (χ2n) is 6.42. The molecule has 8 heteroatoms. The molecule has 2 aromatic carbocycles. The molecule has 2 aromatic rings. The number of sulfonamides is 1. The highest BCUT2D eigenvalue weighted by Crippen LogP contribution is 2.30. The molecule has 0 spiro atoms. The molecule has 0 aromatic heterocycles. The standard InChI is InChI=1S/C19H22N2O5S/c1-25-16-4-7-18-14(11-16)10-15(12-26-18)19(22)21-9-8-13-2-5-17(6-3-13)27(20,23)24/h2-7,11,15H,8-10,12H2,1H3,(H,21,22)(H2,20,23,24)/t15-/m0/s1. The van der Waals surface area contributed by atoms with Crippen LogP contribution in [0.5, 0.6) is 11.5 Å². The fourth-order valence-corrected chi connectivity index (χ4v) is 3.50. The number of methoxy groups -OCH3 is 1. The highest BCUT2D eigenvalue weighted by Gasteiger charge is 2.26. The number of benzene rings is 2. The fourth-order valence-electron chi connectivity index (χ4n) is 2.99. The molecule has 0 saturated heterocycles. The van der Waals surface area contributed by atoms with Crippen molar-refractivity contribution in [3.05, 3.63) is 53.6 Å². The number of carbonyl (C=O) groups excluding carboxylic acids is 1. The van der Waals surface area contributed by atoms with Crippen molar-refractivity contribution in [2.24, 2.45) is 11.1 Å². The van der Waals surface area contributed by atoms with Crippen molar-refractivity contribution in [2.75, 3.05) is 20.3 Å². The predicted molar refractivity (Wildman–Crippen MR) is 100 cm³/mol. The molecule has 7 nitrogen and oxygen atoms in total. The second-order valence-corrected chi connectivity index (χ2v) is 7.98. The second kappa shape index (κ2) is 7.98. The zero-order chi connectivity index (χ0) is 19.4. The molecule has 3 N–H and O–H groups in total. The molecular formula is C19H22N2O5S. The number of primary sulfonamides is 1. The van der Waals surface area contributed by atoms with Gasteiger partial charge in [-0.1, -0.05) is 12.1 Å². The third-order valence-corrected chi connectivity index (χ3v) is 5.44. The van der Waals surface area contributed by atoms with Crippen LogP contribution in [0, 0.1) is 5.92 Å². The van der Waals surface area contributed by atoms with Gasteiger partial charge in [0.05, 0.1) is 17.9 Å². The Morgan fingerprint density at radius 1 is 1.26 bits per heavy atom. The predicted octanol–water partition coefficient (Wildman–Crippen LogP) is 1.25. The van der Waals surface area contributed by atoms with E-state index in [4.69, 9.17) is 14.6 Å². The summed E-state index contributed by atoms with van der Waals surface area (Å²) in [5.41, 5.74) is 1.87. The first-order chi connectivity index (χ1) is 12.9. The monoisotopic (exact) mass is 390 g/mol. The van der Waals surface area contributed by atoms with Gasteiger partial charge in [-0.05, 0) is 54.3 Å². The smallest absolute Gasteiger partial charge is 0.238 e. The van der Waals surface area contributed by atoms with Gasteiger partial charge in [-0.25, -0.2) is 13.6 Å². The third-order valence-electron chi connectivity index (χ3n) is 4.51. The topological polar surface area (TPSA) is 108 Å². The van der Waals surface area contributed by atoms with Crippen LogP contribution in [0.25, 0.3) is 0 Å². The molecule has 0 radical (unpaired) electrons. The van der Waals surface area contributed by atoms with Crippen molar-refractivity contribution in [3.8, 4) is 11.5 Å². The molecule has 1 amide bonds. The zero-order valence-corrected chi connectivity index (χ0v) is 15.8. The van der Waals surface area contributed by atoms with E-state index in [0.29, 0.717) is 26.0 Å². The highest BCUT2D eigenvalue weighted by atomic mass is 32.2. The van der Waals surface area contributed by atoms with Crippen LogP contribution in [-0.4, -0.2) is 34.6 Å². The Morgan fingerprint density at radius 2 is 2.00 bits per heavy atom. The molecule has 0 fully saturated rings. The van der Waals surface area contributed by atoms with Gasteiger partial charge < -0.3 is 14.8 Å². The molecule has 1 heterocycles. The van der Waals surface area contributed by atoms with Gasteiger partial charge in [0.15, 0.2) is 0 Å². The Balaban J connectivity index is 1.52. The van der Waals surface area contributed by atoms with Crippen molar-refractivity contribution in [2.45, 2.75) is 17.7 Å². The van der Waals surface area contributed by atoms with Crippen LogP contribution in [0.3, 0.4) is 0 Å². The van der Waals surface area contributed by atoms with Gasteiger partial charge >= 0.3 is 0 Å². The molecule has 0 saturated carbocycles. The lowest BCUT2D eigenvalue weighted by Gasteiger charge is -2.25. The van der Waals surface area contributed by atoms with E-state index in [1.807, 2.05) is 18.2 Å². The minimum Gasteiger partial charge on any atom is -0.497 e. The summed E-state index contributed by atoms with van der Waals surface area (Å²) in [5, 5.41) is 7.99. The van der Waals surface area contributed by atoms with Crippen molar-refractivity contribution in [1.82, 2.24) is 5.32 Å². The number of ether oxygens (including phenoxy) is 2. The first kappa shape index (κ1) is 19.2. The van der Waals surface area contributed by atoms with Crippen LogP contribution in [0.2, 0.25) is 0 Å². The van der Waals surface area contributed by atoms with Crippen LogP contribution >= 0.6 is 0 Å². The van der Waals surface area contributed by atoms with Crippen molar-refractivity contribution >= 4 is 15.9 Å². The van der Waals surface area contributed by atoms with E-state index in [0.717, 1.165) is 22.6 Å². The molecule has 1 aliphatic heterocycles. The van der Waals surface area contributed by atoms with E-state index in [9.17, 15) is 13.2 Å². The van der Waals surface area contributed by atoms with E-state index < -0.39 is 10.0 Å². The van der Waals surface area contributed by atoms with Crippen LogP contribution < -0.4 is 19.9 Å². The molecule has 3 rings (SSSR count). The summed E-state index contributed by atoms with van der Waals surface area (Å²) in [6.07, 6.45) is 1.19. The van der Waals surface area contributed by atoms with E-state index >= 15 is 0 Å². The van der Waals surface area contributed by atoms with E-state index in [1.165, 1.54) is 12.1 Å². The Morgan fingerprint density at radius 3 is 2.67 bits per heavy atom. The molecule has 0 aliphatic carbocycles. The normalized spacial score (nSPS) is 16.1. The lowest BCUT2D eigenvalue weighted by molar-refractivity contribution is -0.126. The van der Waals surface area contributed by atoms with Crippen molar-refractivity contribution in [3.63, 3.8) is 0 Å². The minimum absolute atomic E-state index is 0.0652. The molecule has 1 atom stereocenters. The zero-order valence-electron chi connectivity index (χ0n) is 15.0. The first-order valence-corrected chi connectivity index (χ1v) is 10.1. The molecule has 144 valence electrons. The van der Waals surface area contributed by atoms with Crippen LogP contribution in [-0.2, 0) is 27.7 Å². The minimum atomic E-state index is -3.69. The van der Waals surface area contributed by atoms with Gasteiger partial charge in [0.2, 0.25) is 15.9 Å². The maximum Gasteiger partial charge on any atom is 0.238 e. The summed E-state index contributed by atoms with van der Waals surface area (Å²) < 4.78 is 33.4. The number of hydrogen-bond acceptors (Lipinski definition) is 5. The third kappa shape index (κ3) is 4.78. The van der Waals surface area contributed by atoms with Crippen LogP contribution in [0.1, 0.15) is 11.1 Å². The largest absolute Gasteiger partial charge is 0.497 e. The lowest BCUT2D eigenvalue weighted by atomic mass is 9.95. The summed E-state index contributed by atoms with van der Waals surface area (Å²) in [7, 11) is -2.09. The quantitative estimate of drug-likeness (QED) is 0.772. The summed E-state index contributed by atoms with van der Waals surface area (Å²) in [6, 6.07) is 11.9. The first-order valence-electron chi connectivity index (χ1n) is 8.56. The van der Waals surface area contributed by atoms with Crippen LogP contribution in [0.4, 0.5) is 0 Å². The summed E-state index contributed by atoms with van der Waals surface area (Å²) in [5.74, 6) is 1.20. The average molecular weight is 390 g/mol. The average Bonchev–Trinajstić information content (AvgIpc) is 2.66. The molecule has 0 unspecified atom stereocenters. The SMILES string of the molecule is COc1ccc2c(c1)C[C@H](C(=O)NCCc1ccc(S(N)(=O)=O)cc1)CO2. The number of fused-ring (bicyclic) bond motifs is 1. The summed E-state index contributed by atoms with van der Waals surface area (Å²) in [6.45, 7) is 0.795. The molecule has 1 aliphatic rings. The van der Waals surface area contributed by atoms with Crippen LogP contribution in [0.15, 0.2) is 47.4 Å². The number of amides is 1. The number of nitrogens with one attached hydrogen (secondary N) is 1. The number of nitrogens with two attached hydrogens (primary N) is 1. The molecule has 27 heavy (non-hydrogen) atoms. The van der Waals surface area contributed by atoms with Gasteiger partial charge in [0.1, 0.15) is 18.1 Å². The van der Waals surface area contributed by atoms with E-state index in [-0.39, 0.29) is 16.7 Å². The molecular weight excluding hydrogens is 368 g/mol. The van der Waals surface area contributed by atoms with Crippen molar-refractivity contribution < 1.29 is 22.7 Å². The van der Waals surface area contributed by atoms with Gasteiger partial charge in [0.25, 0.3) is 0 Å². The Hall–Kier alpha value is -2.58. The summed E-state index contributed by atoms with van der Waals surface area (Å²) >= 11 is 0. The Bertz CT molecular complexity index is 926. The maximum atomic E-state index is 12.4. The lowest BCUT2D eigenvalue weighted by Crippen LogP contribution is -2.38. The summed E-state index contributed by atoms with van der Waals surface area (Å²) in [4.78, 5) is 12.5. The van der Waals surface area contributed by atoms with Gasteiger partial charge in [0, 0.05) is 6.54 Å². The fraction of sp³-hybridized carbons (Fsp3) is 0.316. The number of hydrogen-bond donors (Lipinski definition) is 2. The van der Waals surface area contributed by atoms with Gasteiger partial charge in [-0.3, -0.25) is 4.79 Å². The highest BCUT2D eigenvalue weighted by molar-refractivity contribution is 7.89.